The van der Waals surface area contributed by atoms with Gasteiger partial charge < -0.3 is 24.8 Å². The first-order chi connectivity index (χ1) is 12.2. The molecular weight excluding hydrogens is 342 g/mol. The van der Waals surface area contributed by atoms with E-state index in [9.17, 15) is 0 Å². The van der Waals surface area contributed by atoms with E-state index in [1.165, 1.54) is 0 Å². The predicted molar refractivity (Wildman–Crippen MR) is 103 cm³/mol. The van der Waals surface area contributed by atoms with E-state index in [-0.39, 0.29) is 0 Å². The summed E-state index contributed by atoms with van der Waals surface area (Å²) in [4.78, 5) is 4.19. The van der Waals surface area contributed by atoms with Gasteiger partial charge >= 0.3 is 0 Å². The smallest absolute Gasteiger partial charge is 0.190 e. The summed E-state index contributed by atoms with van der Waals surface area (Å²) < 4.78 is 16.1. The number of rotatable bonds is 12. The first-order valence-electron chi connectivity index (χ1n) is 8.57. The molecule has 1 aromatic carbocycles. The van der Waals surface area contributed by atoms with E-state index in [0.717, 1.165) is 48.2 Å². The highest BCUT2D eigenvalue weighted by Gasteiger charge is 2.01. The Bertz CT molecular complexity index is 512. The maximum absolute atomic E-state index is 5.94. The van der Waals surface area contributed by atoms with Gasteiger partial charge in [0.1, 0.15) is 5.75 Å². The summed E-state index contributed by atoms with van der Waals surface area (Å²) in [5.74, 6) is 1.67. The van der Waals surface area contributed by atoms with Gasteiger partial charge in [-0.05, 0) is 43.5 Å². The SMILES string of the molecule is CN=C(NCCCOCCOC)NCCCOc1ccc(Cl)cc1C. The number of methoxy groups -OCH3 is 1. The number of guanidine groups is 1. The lowest BCUT2D eigenvalue weighted by molar-refractivity contribution is 0.0698. The Morgan fingerprint density at radius 3 is 2.44 bits per heavy atom. The van der Waals surface area contributed by atoms with Gasteiger partial charge in [-0.2, -0.15) is 0 Å². The van der Waals surface area contributed by atoms with Gasteiger partial charge in [-0.3, -0.25) is 4.99 Å². The summed E-state index contributed by atoms with van der Waals surface area (Å²) in [6.45, 7) is 6.21. The van der Waals surface area contributed by atoms with Gasteiger partial charge in [-0.15, -0.1) is 0 Å². The summed E-state index contributed by atoms with van der Waals surface area (Å²) in [5.41, 5.74) is 1.05. The second-order valence-electron chi connectivity index (χ2n) is 5.50. The largest absolute Gasteiger partial charge is 0.493 e. The van der Waals surface area contributed by atoms with Crippen LogP contribution in [0.3, 0.4) is 0 Å². The van der Waals surface area contributed by atoms with Crippen LogP contribution in [0.2, 0.25) is 5.02 Å². The first-order valence-corrected chi connectivity index (χ1v) is 8.95. The Balaban J connectivity index is 2.07. The molecule has 6 nitrogen and oxygen atoms in total. The van der Waals surface area contributed by atoms with E-state index in [0.29, 0.717) is 26.4 Å². The quantitative estimate of drug-likeness (QED) is 0.336. The molecule has 0 amide bonds. The molecule has 1 aromatic rings. The fraction of sp³-hybridized carbons (Fsp3) is 0.611. The molecule has 0 fully saturated rings. The zero-order valence-electron chi connectivity index (χ0n) is 15.4. The molecule has 0 aliphatic heterocycles. The van der Waals surface area contributed by atoms with Gasteiger partial charge in [0, 0.05) is 38.9 Å². The molecule has 0 aliphatic carbocycles. The molecule has 0 unspecified atom stereocenters. The molecule has 1 rings (SSSR count). The molecule has 0 saturated carbocycles. The lowest BCUT2D eigenvalue weighted by Crippen LogP contribution is -2.38. The molecule has 0 spiro atoms. The van der Waals surface area contributed by atoms with Crippen molar-refractivity contribution in [2.24, 2.45) is 4.99 Å². The Labute approximate surface area is 155 Å². The summed E-state index contributed by atoms with van der Waals surface area (Å²) >= 11 is 5.94. The molecule has 0 bridgehead atoms. The second-order valence-corrected chi connectivity index (χ2v) is 5.93. The van der Waals surface area contributed by atoms with Gasteiger partial charge in [0.15, 0.2) is 5.96 Å². The molecular formula is C18H30ClN3O3. The molecule has 0 radical (unpaired) electrons. The van der Waals surface area contributed by atoms with Crippen molar-refractivity contribution in [3.05, 3.63) is 28.8 Å². The molecule has 25 heavy (non-hydrogen) atoms. The van der Waals surface area contributed by atoms with Crippen LogP contribution in [0.25, 0.3) is 0 Å². The van der Waals surface area contributed by atoms with Crippen molar-refractivity contribution < 1.29 is 14.2 Å². The van der Waals surface area contributed by atoms with Crippen molar-refractivity contribution in [1.29, 1.82) is 0 Å². The third-order valence-corrected chi connectivity index (χ3v) is 3.66. The monoisotopic (exact) mass is 371 g/mol. The fourth-order valence-corrected chi connectivity index (χ4v) is 2.31. The third kappa shape index (κ3) is 10.2. The molecule has 0 aromatic heterocycles. The Hall–Kier alpha value is -1.50. The normalized spacial score (nSPS) is 11.4. The van der Waals surface area contributed by atoms with Crippen molar-refractivity contribution in [1.82, 2.24) is 10.6 Å². The summed E-state index contributed by atoms with van der Waals surface area (Å²) in [6.07, 6.45) is 1.80. The molecule has 7 heteroatoms. The van der Waals surface area contributed by atoms with Crippen molar-refractivity contribution in [3.63, 3.8) is 0 Å². The van der Waals surface area contributed by atoms with Crippen molar-refractivity contribution in [2.45, 2.75) is 19.8 Å². The number of hydrogen-bond acceptors (Lipinski definition) is 4. The van der Waals surface area contributed by atoms with Gasteiger partial charge in [0.05, 0.1) is 19.8 Å². The minimum atomic E-state index is 0.633. The molecule has 0 saturated heterocycles. The van der Waals surface area contributed by atoms with Crippen molar-refractivity contribution in [3.8, 4) is 5.75 Å². The van der Waals surface area contributed by atoms with Crippen LogP contribution in [0.5, 0.6) is 5.75 Å². The lowest BCUT2D eigenvalue weighted by atomic mass is 10.2. The highest BCUT2D eigenvalue weighted by Crippen LogP contribution is 2.21. The topological polar surface area (TPSA) is 64.1 Å². The molecule has 0 aliphatic rings. The van der Waals surface area contributed by atoms with Crippen LogP contribution >= 0.6 is 11.6 Å². The fourth-order valence-electron chi connectivity index (χ4n) is 2.08. The highest BCUT2D eigenvalue weighted by molar-refractivity contribution is 6.30. The van der Waals surface area contributed by atoms with E-state index in [4.69, 9.17) is 25.8 Å². The third-order valence-electron chi connectivity index (χ3n) is 3.42. The maximum atomic E-state index is 5.94. The van der Waals surface area contributed by atoms with Gasteiger partial charge in [-0.1, -0.05) is 11.6 Å². The Morgan fingerprint density at radius 2 is 1.80 bits per heavy atom. The van der Waals surface area contributed by atoms with E-state index in [1.54, 1.807) is 14.2 Å². The Kier molecular flexibility index (Phi) is 11.9. The van der Waals surface area contributed by atoms with E-state index in [1.807, 2.05) is 25.1 Å². The van der Waals surface area contributed by atoms with E-state index >= 15 is 0 Å². The minimum absolute atomic E-state index is 0.633. The zero-order valence-corrected chi connectivity index (χ0v) is 16.2. The summed E-state index contributed by atoms with van der Waals surface area (Å²) in [7, 11) is 3.43. The van der Waals surface area contributed by atoms with Crippen LogP contribution < -0.4 is 15.4 Å². The van der Waals surface area contributed by atoms with Crippen LogP contribution in [0.1, 0.15) is 18.4 Å². The first kappa shape index (κ1) is 21.5. The standard InChI is InChI=1S/C18H30ClN3O3/c1-15-14-16(19)6-7-17(15)25-11-5-9-22-18(20-2)21-8-4-10-24-13-12-23-3/h6-7,14H,4-5,8-13H2,1-3H3,(H2,20,21,22). The van der Waals surface area contributed by atoms with E-state index in [2.05, 4.69) is 15.6 Å². The van der Waals surface area contributed by atoms with Gasteiger partial charge in [-0.25, -0.2) is 0 Å². The average molecular weight is 372 g/mol. The summed E-state index contributed by atoms with van der Waals surface area (Å²) in [5, 5.41) is 7.25. The number of hydrogen-bond donors (Lipinski definition) is 2. The zero-order chi connectivity index (χ0) is 18.3. The minimum Gasteiger partial charge on any atom is -0.493 e. The maximum Gasteiger partial charge on any atom is 0.190 e. The molecule has 0 heterocycles. The molecule has 142 valence electrons. The number of ether oxygens (including phenoxy) is 3. The highest BCUT2D eigenvalue weighted by atomic mass is 35.5. The molecule has 0 atom stereocenters. The van der Waals surface area contributed by atoms with Crippen molar-refractivity contribution >= 4 is 17.6 Å². The van der Waals surface area contributed by atoms with Crippen LogP contribution in [0.15, 0.2) is 23.2 Å². The lowest BCUT2D eigenvalue weighted by Gasteiger charge is -2.13. The van der Waals surface area contributed by atoms with Gasteiger partial charge in [0.25, 0.3) is 0 Å². The Morgan fingerprint density at radius 1 is 1.08 bits per heavy atom. The van der Waals surface area contributed by atoms with Gasteiger partial charge in [0.2, 0.25) is 0 Å². The number of nitrogens with one attached hydrogen (secondary N) is 2. The van der Waals surface area contributed by atoms with E-state index < -0.39 is 0 Å². The predicted octanol–water partition coefficient (Wildman–Crippen LogP) is 2.64. The summed E-state index contributed by atoms with van der Waals surface area (Å²) in [6, 6.07) is 5.65. The number of nitrogens with zero attached hydrogens (tertiary/aromatic N) is 1. The van der Waals surface area contributed by atoms with Crippen LogP contribution in [0.4, 0.5) is 0 Å². The van der Waals surface area contributed by atoms with Crippen LogP contribution in [-0.4, -0.2) is 59.6 Å². The van der Waals surface area contributed by atoms with Crippen molar-refractivity contribution in [2.75, 3.05) is 53.7 Å². The van der Waals surface area contributed by atoms with Crippen LogP contribution in [-0.2, 0) is 9.47 Å². The average Bonchev–Trinajstić information content (AvgIpc) is 2.60. The molecule has 2 N–H and O–H groups in total. The van der Waals surface area contributed by atoms with Crippen LogP contribution in [0, 0.1) is 6.92 Å². The number of benzene rings is 1. The number of aryl methyl sites for hydroxylation is 1. The number of aliphatic imine (C=N–C) groups is 1. The number of halogens is 1. The second kappa shape index (κ2) is 13.8.